The highest BCUT2D eigenvalue weighted by molar-refractivity contribution is 6.20. The fourth-order valence-corrected chi connectivity index (χ4v) is 4.01. The molecule has 0 unspecified atom stereocenters. The van der Waals surface area contributed by atoms with E-state index in [1.807, 2.05) is 36.2 Å². The van der Waals surface area contributed by atoms with Gasteiger partial charge >= 0.3 is 0 Å². The van der Waals surface area contributed by atoms with E-state index in [1.54, 1.807) is 18.2 Å². The maximum Gasteiger partial charge on any atom is 0.230 e. The first-order chi connectivity index (χ1) is 14.7. The van der Waals surface area contributed by atoms with Gasteiger partial charge in [0, 0.05) is 29.4 Å². The predicted octanol–water partition coefficient (Wildman–Crippen LogP) is 4.38. The second-order valence-electron chi connectivity index (χ2n) is 7.92. The fourth-order valence-electron chi connectivity index (χ4n) is 4.01. The van der Waals surface area contributed by atoms with Crippen LogP contribution in [0.3, 0.4) is 0 Å². The van der Waals surface area contributed by atoms with Gasteiger partial charge in [0.2, 0.25) is 5.78 Å². The molecule has 1 heterocycles. The summed E-state index contributed by atoms with van der Waals surface area (Å²) in [6.07, 6.45) is 1.70. The first-order valence-electron chi connectivity index (χ1n) is 10.5. The average molecular weight is 419 g/mol. The lowest BCUT2D eigenvalue weighted by Crippen LogP contribution is -2.27. The number of hydrogen-bond donors (Lipinski definition) is 1. The number of carbonyl (C=O) groups excluding carboxylic acids is 1. The van der Waals surface area contributed by atoms with E-state index in [-0.39, 0.29) is 22.1 Å². The molecule has 2 aliphatic rings. The van der Waals surface area contributed by atoms with E-state index in [1.165, 1.54) is 19.6 Å². The summed E-state index contributed by atoms with van der Waals surface area (Å²) in [4.78, 5) is 16.2. The van der Waals surface area contributed by atoms with Gasteiger partial charge in [-0.05, 0) is 37.3 Å². The molecule has 0 saturated heterocycles. The molecular formula is C25H30N4O2. The Hall–Kier alpha value is -3.35. The van der Waals surface area contributed by atoms with Gasteiger partial charge in [-0.25, -0.2) is 0 Å². The van der Waals surface area contributed by atoms with Crippen LogP contribution in [0.25, 0.3) is 0 Å². The van der Waals surface area contributed by atoms with Crippen molar-refractivity contribution in [3.8, 4) is 12.1 Å². The molecule has 0 amide bonds. The Morgan fingerprint density at radius 3 is 2.13 bits per heavy atom. The third-order valence-corrected chi connectivity index (χ3v) is 6.00. The lowest BCUT2D eigenvalue weighted by atomic mass is 9.79. The zero-order chi connectivity index (χ0) is 23.3. The molecule has 6 heteroatoms. The van der Waals surface area contributed by atoms with Gasteiger partial charge in [0.15, 0.2) is 5.76 Å². The second kappa shape index (κ2) is 9.64. The minimum absolute atomic E-state index is 0.00911. The van der Waals surface area contributed by atoms with Crippen LogP contribution in [0, 0.1) is 22.7 Å². The van der Waals surface area contributed by atoms with Crippen molar-refractivity contribution in [2.24, 2.45) is 0 Å². The number of aliphatic hydroxyl groups is 1. The van der Waals surface area contributed by atoms with Crippen molar-refractivity contribution in [3.05, 3.63) is 64.1 Å². The summed E-state index contributed by atoms with van der Waals surface area (Å²) in [5.41, 5.74) is 2.70. The summed E-state index contributed by atoms with van der Waals surface area (Å²) >= 11 is 0. The van der Waals surface area contributed by atoms with Crippen molar-refractivity contribution < 1.29 is 9.90 Å². The molecule has 0 radical (unpaired) electrons. The lowest BCUT2D eigenvalue weighted by molar-refractivity contribution is -0.115. The number of para-hydroxylation sites is 1. The maximum absolute atomic E-state index is 11.9. The zero-order valence-electron chi connectivity index (χ0n) is 19.2. The Morgan fingerprint density at radius 1 is 1.13 bits per heavy atom. The van der Waals surface area contributed by atoms with E-state index in [0.29, 0.717) is 0 Å². The highest BCUT2D eigenvalue weighted by Crippen LogP contribution is 2.48. The number of hydrogen-bond acceptors (Lipinski definition) is 6. The number of nitrogens with zero attached hydrogens (tertiary/aromatic N) is 4. The Balaban J connectivity index is 0.000000423. The number of carbonyl (C=O) groups is 1. The molecule has 1 aromatic carbocycles. The molecule has 0 fully saturated rings. The number of benzene rings is 1. The number of ketones is 1. The second-order valence-corrected chi connectivity index (χ2v) is 7.92. The SMILES string of the molecule is CCN(CC)CC.CN1C(=CC2=C(O)C(=O)C2=C(C#N)C#N)C(C)(C)c2ccccc21. The predicted molar refractivity (Wildman–Crippen MR) is 122 cm³/mol. The monoisotopic (exact) mass is 418 g/mol. The standard InChI is InChI=1S/C19H15N3O2.C6H15N/c1-19(2)13-6-4-5-7-14(13)22(3)15(19)8-12-16(11(9-20)10-21)18(24)17(12)23;1-4-7(5-2)6-3/h4-8,23H,1-3H3;4-6H2,1-3H3. The number of allylic oxidation sites excluding steroid dienone is 5. The van der Waals surface area contributed by atoms with Crippen molar-refractivity contribution >= 4 is 11.5 Å². The summed E-state index contributed by atoms with van der Waals surface area (Å²) in [5.74, 6) is -1.06. The van der Waals surface area contributed by atoms with Gasteiger partial charge in [0.05, 0.1) is 5.57 Å². The summed E-state index contributed by atoms with van der Waals surface area (Å²) in [5, 5.41) is 28.0. The molecule has 0 bridgehead atoms. The molecule has 0 saturated carbocycles. The molecule has 3 rings (SSSR count). The first-order valence-corrected chi connectivity index (χ1v) is 10.5. The van der Waals surface area contributed by atoms with Crippen LogP contribution in [0.4, 0.5) is 5.69 Å². The van der Waals surface area contributed by atoms with Crippen LogP contribution in [-0.2, 0) is 10.2 Å². The van der Waals surface area contributed by atoms with Crippen LogP contribution in [0.5, 0.6) is 0 Å². The number of rotatable bonds is 4. The Labute approximate surface area is 185 Å². The molecule has 1 aliphatic carbocycles. The van der Waals surface area contributed by atoms with E-state index in [4.69, 9.17) is 10.5 Å². The third kappa shape index (κ3) is 4.26. The van der Waals surface area contributed by atoms with Crippen molar-refractivity contribution in [3.63, 3.8) is 0 Å². The first kappa shape index (κ1) is 23.9. The quantitative estimate of drug-likeness (QED) is 0.576. The van der Waals surface area contributed by atoms with E-state index in [9.17, 15) is 9.90 Å². The smallest absolute Gasteiger partial charge is 0.230 e. The van der Waals surface area contributed by atoms with E-state index >= 15 is 0 Å². The summed E-state index contributed by atoms with van der Waals surface area (Å²) in [6, 6.07) is 11.4. The molecule has 0 spiro atoms. The molecule has 1 aromatic rings. The maximum atomic E-state index is 11.9. The minimum Gasteiger partial charge on any atom is -0.504 e. The average Bonchev–Trinajstić information content (AvgIpc) is 2.98. The third-order valence-electron chi connectivity index (χ3n) is 6.00. The van der Waals surface area contributed by atoms with Crippen LogP contribution >= 0.6 is 0 Å². The van der Waals surface area contributed by atoms with Gasteiger partial charge in [-0.15, -0.1) is 0 Å². The van der Waals surface area contributed by atoms with E-state index < -0.39 is 11.5 Å². The summed E-state index contributed by atoms with van der Waals surface area (Å²) in [6.45, 7) is 14.2. The Kier molecular flexibility index (Phi) is 7.44. The number of Topliss-reactive ketones (excluding diaryl/α,β-unsaturated/α-hetero) is 1. The number of aliphatic hydroxyl groups excluding tert-OH is 1. The van der Waals surface area contributed by atoms with Crippen molar-refractivity contribution in [1.82, 2.24) is 4.90 Å². The fraction of sp³-hybridized carbons (Fsp3) is 0.400. The number of likely N-dealkylation sites (N-methyl/N-ethyl adjacent to an activating group) is 1. The molecule has 31 heavy (non-hydrogen) atoms. The van der Waals surface area contributed by atoms with Crippen LogP contribution in [0.2, 0.25) is 0 Å². The summed E-state index contributed by atoms with van der Waals surface area (Å²) in [7, 11) is 1.91. The van der Waals surface area contributed by atoms with Gasteiger partial charge in [-0.3, -0.25) is 4.79 Å². The number of fused-ring (bicyclic) bond motifs is 1. The van der Waals surface area contributed by atoms with Crippen molar-refractivity contribution in [2.45, 2.75) is 40.0 Å². The lowest BCUT2D eigenvalue weighted by Gasteiger charge is -2.27. The van der Waals surface area contributed by atoms with Crippen LogP contribution < -0.4 is 4.90 Å². The van der Waals surface area contributed by atoms with E-state index in [0.717, 1.165) is 16.9 Å². The number of anilines is 1. The molecular weight excluding hydrogens is 388 g/mol. The molecule has 162 valence electrons. The normalized spacial score (nSPS) is 17.6. The van der Waals surface area contributed by atoms with E-state index in [2.05, 4.69) is 39.5 Å². The largest absolute Gasteiger partial charge is 0.504 e. The molecule has 1 aliphatic heterocycles. The topological polar surface area (TPSA) is 91.4 Å². The van der Waals surface area contributed by atoms with Crippen LogP contribution in [0.15, 0.2) is 58.5 Å². The van der Waals surface area contributed by atoms with Crippen molar-refractivity contribution in [2.75, 3.05) is 31.6 Å². The highest BCUT2D eigenvalue weighted by atomic mass is 16.3. The number of nitriles is 2. The molecule has 6 nitrogen and oxygen atoms in total. The van der Waals surface area contributed by atoms with Crippen molar-refractivity contribution in [1.29, 1.82) is 10.5 Å². The zero-order valence-corrected chi connectivity index (χ0v) is 19.2. The Bertz CT molecular complexity index is 1020. The Morgan fingerprint density at radius 2 is 1.68 bits per heavy atom. The van der Waals surface area contributed by atoms with Gasteiger partial charge in [-0.2, -0.15) is 10.5 Å². The van der Waals surface area contributed by atoms with Gasteiger partial charge in [0.25, 0.3) is 0 Å². The van der Waals surface area contributed by atoms with Gasteiger partial charge in [-0.1, -0.05) is 52.8 Å². The van der Waals surface area contributed by atoms with Gasteiger partial charge in [0.1, 0.15) is 17.7 Å². The van der Waals surface area contributed by atoms with Gasteiger partial charge < -0.3 is 14.9 Å². The van der Waals surface area contributed by atoms with Crippen LogP contribution in [0.1, 0.15) is 40.2 Å². The molecule has 0 aromatic heterocycles. The highest BCUT2D eigenvalue weighted by Gasteiger charge is 2.41. The molecule has 1 N–H and O–H groups in total. The summed E-state index contributed by atoms with van der Waals surface area (Å²) < 4.78 is 0. The molecule has 0 atom stereocenters. The van der Waals surface area contributed by atoms with Crippen LogP contribution in [-0.4, -0.2) is 42.5 Å². The minimum atomic E-state index is -0.657.